The van der Waals surface area contributed by atoms with Gasteiger partial charge in [-0.1, -0.05) is 34.1 Å². The largest absolute Gasteiger partial charge is 0.481 e. The first-order valence-corrected chi connectivity index (χ1v) is 6.70. The SMILES string of the molecule is CCC(C)C1CC(C(C)C)CCC1C(=O)O. The summed E-state index contributed by atoms with van der Waals surface area (Å²) in [6, 6.07) is 0. The second kappa shape index (κ2) is 5.70. The molecule has 1 aliphatic carbocycles. The normalized spacial score (nSPS) is 32.7. The summed E-state index contributed by atoms with van der Waals surface area (Å²) in [5, 5.41) is 9.28. The molecule has 1 saturated carbocycles. The number of hydrogen-bond donors (Lipinski definition) is 1. The Hall–Kier alpha value is -0.530. The van der Waals surface area contributed by atoms with Crippen molar-refractivity contribution in [2.24, 2.45) is 29.6 Å². The number of hydrogen-bond acceptors (Lipinski definition) is 1. The highest BCUT2D eigenvalue weighted by Gasteiger charge is 2.37. The molecule has 1 rings (SSSR count). The Morgan fingerprint density at radius 3 is 2.38 bits per heavy atom. The van der Waals surface area contributed by atoms with E-state index in [1.54, 1.807) is 0 Å². The molecule has 0 saturated heterocycles. The van der Waals surface area contributed by atoms with Crippen molar-refractivity contribution in [1.82, 2.24) is 0 Å². The molecule has 2 heteroatoms. The fourth-order valence-electron chi connectivity index (χ4n) is 3.08. The molecule has 0 amide bonds. The van der Waals surface area contributed by atoms with E-state index in [0.717, 1.165) is 31.6 Å². The number of carboxylic acids is 1. The van der Waals surface area contributed by atoms with Gasteiger partial charge >= 0.3 is 5.97 Å². The van der Waals surface area contributed by atoms with Crippen molar-refractivity contribution in [3.8, 4) is 0 Å². The van der Waals surface area contributed by atoms with Gasteiger partial charge in [-0.05, 0) is 42.9 Å². The maximum Gasteiger partial charge on any atom is 0.306 e. The summed E-state index contributed by atoms with van der Waals surface area (Å²) < 4.78 is 0. The second-order valence-corrected chi connectivity index (χ2v) is 5.81. The number of carboxylic acid groups (broad SMARTS) is 1. The van der Waals surface area contributed by atoms with Gasteiger partial charge in [0.05, 0.1) is 5.92 Å². The lowest BCUT2D eigenvalue weighted by atomic mass is 9.66. The molecule has 0 bridgehead atoms. The zero-order valence-corrected chi connectivity index (χ0v) is 11.1. The Morgan fingerprint density at radius 1 is 1.31 bits per heavy atom. The molecule has 4 unspecified atom stereocenters. The zero-order chi connectivity index (χ0) is 12.3. The van der Waals surface area contributed by atoms with Crippen molar-refractivity contribution in [2.45, 2.75) is 53.4 Å². The van der Waals surface area contributed by atoms with E-state index in [1.807, 2.05) is 0 Å². The first-order valence-electron chi connectivity index (χ1n) is 6.70. The van der Waals surface area contributed by atoms with E-state index in [0.29, 0.717) is 17.8 Å². The van der Waals surface area contributed by atoms with Crippen LogP contribution in [0.3, 0.4) is 0 Å². The lowest BCUT2D eigenvalue weighted by Gasteiger charge is -2.38. The predicted octanol–water partition coefficient (Wildman–Crippen LogP) is 3.81. The number of carbonyl (C=O) groups is 1. The third-order valence-corrected chi connectivity index (χ3v) is 4.58. The molecule has 1 fully saturated rings. The van der Waals surface area contributed by atoms with E-state index in [1.165, 1.54) is 0 Å². The summed E-state index contributed by atoms with van der Waals surface area (Å²) in [4.78, 5) is 11.3. The highest BCUT2D eigenvalue weighted by atomic mass is 16.4. The Balaban J connectivity index is 2.73. The zero-order valence-electron chi connectivity index (χ0n) is 11.1. The third kappa shape index (κ3) is 2.99. The minimum atomic E-state index is -0.576. The van der Waals surface area contributed by atoms with Gasteiger partial charge < -0.3 is 5.11 Å². The Kier molecular flexibility index (Phi) is 4.82. The molecule has 0 aliphatic heterocycles. The van der Waals surface area contributed by atoms with E-state index in [-0.39, 0.29) is 5.92 Å². The standard InChI is InChI=1S/C14H26O2/c1-5-10(4)13-8-11(9(2)3)6-7-12(13)14(15)16/h9-13H,5-8H2,1-4H3,(H,15,16). The van der Waals surface area contributed by atoms with Gasteiger partial charge in [0.25, 0.3) is 0 Å². The van der Waals surface area contributed by atoms with Crippen LogP contribution in [0.4, 0.5) is 0 Å². The smallest absolute Gasteiger partial charge is 0.306 e. The average molecular weight is 226 g/mol. The van der Waals surface area contributed by atoms with Crippen LogP contribution in [0.5, 0.6) is 0 Å². The molecule has 1 aliphatic rings. The summed E-state index contributed by atoms with van der Waals surface area (Å²) in [7, 11) is 0. The number of aliphatic carboxylic acids is 1. The predicted molar refractivity (Wildman–Crippen MR) is 66.2 cm³/mol. The molecule has 0 aromatic rings. The van der Waals surface area contributed by atoms with E-state index in [9.17, 15) is 9.90 Å². The lowest BCUT2D eigenvalue weighted by Crippen LogP contribution is -2.35. The monoisotopic (exact) mass is 226 g/mol. The van der Waals surface area contributed by atoms with Gasteiger partial charge in [-0.2, -0.15) is 0 Å². The van der Waals surface area contributed by atoms with Gasteiger partial charge in [0.15, 0.2) is 0 Å². The van der Waals surface area contributed by atoms with E-state index in [4.69, 9.17) is 0 Å². The van der Waals surface area contributed by atoms with Crippen LogP contribution in [0, 0.1) is 29.6 Å². The Morgan fingerprint density at radius 2 is 1.94 bits per heavy atom. The molecule has 2 nitrogen and oxygen atoms in total. The minimum absolute atomic E-state index is 0.0926. The molecule has 0 aromatic heterocycles. The Bertz CT molecular complexity index is 235. The molecule has 0 radical (unpaired) electrons. The first-order chi connectivity index (χ1) is 7.47. The summed E-state index contributed by atoms with van der Waals surface area (Å²) in [5.74, 6) is 1.69. The molecular weight excluding hydrogens is 200 g/mol. The summed E-state index contributed by atoms with van der Waals surface area (Å²) in [6.07, 6.45) is 4.19. The van der Waals surface area contributed by atoms with Crippen LogP contribution in [0.1, 0.15) is 53.4 Å². The fraction of sp³-hybridized carbons (Fsp3) is 0.929. The Labute approximate surface area is 99.4 Å². The van der Waals surface area contributed by atoms with Gasteiger partial charge in [0, 0.05) is 0 Å². The summed E-state index contributed by atoms with van der Waals surface area (Å²) in [5.41, 5.74) is 0. The maximum atomic E-state index is 11.3. The van der Waals surface area contributed by atoms with Gasteiger partial charge in [0.1, 0.15) is 0 Å². The minimum Gasteiger partial charge on any atom is -0.481 e. The fourth-order valence-corrected chi connectivity index (χ4v) is 3.08. The quantitative estimate of drug-likeness (QED) is 0.791. The van der Waals surface area contributed by atoms with Gasteiger partial charge in [0.2, 0.25) is 0 Å². The van der Waals surface area contributed by atoms with Crippen molar-refractivity contribution < 1.29 is 9.90 Å². The van der Waals surface area contributed by atoms with Crippen LogP contribution in [-0.4, -0.2) is 11.1 Å². The molecule has 16 heavy (non-hydrogen) atoms. The first kappa shape index (κ1) is 13.5. The maximum absolute atomic E-state index is 11.3. The lowest BCUT2D eigenvalue weighted by molar-refractivity contribution is -0.146. The average Bonchev–Trinajstić information content (AvgIpc) is 2.26. The van der Waals surface area contributed by atoms with E-state index in [2.05, 4.69) is 27.7 Å². The number of rotatable bonds is 4. The molecule has 94 valence electrons. The van der Waals surface area contributed by atoms with Gasteiger partial charge in [-0.15, -0.1) is 0 Å². The molecular formula is C14H26O2. The van der Waals surface area contributed by atoms with Crippen molar-refractivity contribution in [1.29, 1.82) is 0 Å². The van der Waals surface area contributed by atoms with Crippen LogP contribution in [0.2, 0.25) is 0 Å². The van der Waals surface area contributed by atoms with Crippen LogP contribution < -0.4 is 0 Å². The van der Waals surface area contributed by atoms with Crippen LogP contribution in [-0.2, 0) is 4.79 Å². The van der Waals surface area contributed by atoms with Gasteiger partial charge in [-0.3, -0.25) is 4.79 Å². The van der Waals surface area contributed by atoms with E-state index < -0.39 is 5.97 Å². The van der Waals surface area contributed by atoms with Gasteiger partial charge in [-0.25, -0.2) is 0 Å². The second-order valence-electron chi connectivity index (χ2n) is 5.81. The topological polar surface area (TPSA) is 37.3 Å². The molecule has 0 heterocycles. The highest BCUT2D eigenvalue weighted by molar-refractivity contribution is 5.70. The molecule has 1 N–H and O–H groups in total. The van der Waals surface area contributed by atoms with Crippen molar-refractivity contribution >= 4 is 5.97 Å². The molecule has 4 atom stereocenters. The molecule has 0 aromatic carbocycles. The third-order valence-electron chi connectivity index (χ3n) is 4.58. The van der Waals surface area contributed by atoms with Crippen molar-refractivity contribution in [3.63, 3.8) is 0 Å². The van der Waals surface area contributed by atoms with Crippen LogP contribution >= 0.6 is 0 Å². The van der Waals surface area contributed by atoms with E-state index >= 15 is 0 Å². The molecule has 0 spiro atoms. The van der Waals surface area contributed by atoms with Crippen molar-refractivity contribution in [3.05, 3.63) is 0 Å². The highest BCUT2D eigenvalue weighted by Crippen LogP contribution is 2.41. The summed E-state index contributed by atoms with van der Waals surface area (Å²) >= 11 is 0. The summed E-state index contributed by atoms with van der Waals surface area (Å²) in [6.45, 7) is 8.91. The van der Waals surface area contributed by atoms with Crippen LogP contribution in [0.15, 0.2) is 0 Å². The van der Waals surface area contributed by atoms with Crippen LogP contribution in [0.25, 0.3) is 0 Å². The van der Waals surface area contributed by atoms with Crippen molar-refractivity contribution in [2.75, 3.05) is 0 Å².